The van der Waals surface area contributed by atoms with Crippen LogP contribution in [-0.4, -0.2) is 12.1 Å². The summed E-state index contributed by atoms with van der Waals surface area (Å²) in [6.07, 6.45) is 10.0. The average Bonchev–Trinajstić information content (AvgIpc) is 2.11. The van der Waals surface area contributed by atoms with Gasteiger partial charge in [0.1, 0.15) is 0 Å². The van der Waals surface area contributed by atoms with Crippen LogP contribution in [0.4, 0.5) is 0 Å². The van der Waals surface area contributed by atoms with Gasteiger partial charge in [-0.3, -0.25) is 0 Å². The third-order valence-corrected chi connectivity index (χ3v) is 4.53. The first-order chi connectivity index (χ1) is 7.05. The first-order valence-electron chi connectivity index (χ1n) is 6.82. The van der Waals surface area contributed by atoms with Crippen molar-refractivity contribution in [3.8, 4) is 0 Å². The van der Waals surface area contributed by atoms with Crippen LogP contribution in [0.2, 0.25) is 0 Å². The summed E-state index contributed by atoms with van der Waals surface area (Å²) in [6, 6.07) is 1.72. The Kier molecular flexibility index (Phi) is 3.39. The van der Waals surface area contributed by atoms with Gasteiger partial charge in [0.2, 0.25) is 0 Å². The first kappa shape index (κ1) is 11.4. The molecule has 2 fully saturated rings. The molecular formula is C14H27N. The molecule has 0 bridgehead atoms. The van der Waals surface area contributed by atoms with Crippen LogP contribution in [0.3, 0.4) is 0 Å². The van der Waals surface area contributed by atoms with Crippen LogP contribution in [0.15, 0.2) is 0 Å². The van der Waals surface area contributed by atoms with Gasteiger partial charge in [-0.2, -0.15) is 0 Å². The van der Waals surface area contributed by atoms with Gasteiger partial charge in [-0.25, -0.2) is 0 Å². The molecule has 1 nitrogen and oxygen atoms in total. The Balaban J connectivity index is 1.71. The van der Waals surface area contributed by atoms with E-state index in [1.165, 1.54) is 44.9 Å². The van der Waals surface area contributed by atoms with Gasteiger partial charge in [0, 0.05) is 12.1 Å². The second-order valence-electron chi connectivity index (χ2n) is 6.71. The minimum Gasteiger partial charge on any atom is -0.311 e. The summed E-state index contributed by atoms with van der Waals surface area (Å²) in [7, 11) is 0. The average molecular weight is 209 g/mol. The lowest BCUT2D eigenvalue weighted by Crippen LogP contribution is -2.44. The van der Waals surface area contributed by atoms with Gasteiger partial charge in [0.15, 0.2) is 0 Å². The number of hydrogen-bond donors (Lipinski definition) is 1. The maximum atomic E-state index is 3.83. The molecule has 2 aliphatic carbocycles. The second kappa shape index (κ2) is 4.45. The topological polar surface area (TPSA) is 12.0 Å². The Morgan fingerprint density at radius 1 is 0.800 bits per heavy atom. The molecule has 88 valence electrons. The summed E-state index contributed by atoms with van der Waals surface area (Å²) in [5, 5.41) is 3.83. The maximum Gasteiger partial charge on any atom is 0.00698 e. The molecule has 0 amide bonds. The molecule has 15 heavy (non-hydrogen) atoms. The fourth-order valence-electron chi connectivity index (χ4n) is 3.03. The first-order valence-corrected chi connectivity index (χ1v) is 6.82. The molecular weight excluding hydrogens is 182 g/mol. The van der Waals surface area contributed by atoms with Crippen molar-refractivity contribution in [1.82, 2.24) is 5.32 Å². The van der Waals surface area contributed by atoms with Crippen LogP contribution in [0.1, 0.15) is 65.7 Å². The Morgan fingerprint density at radius 2 is 1.33 bits per heavy atom. The minimum absolute atomic E-state index is 0.529. The molecule has 2 aliphatic rings. The van der Waals surface area contributed by atoms with E-state index in [1.807, 2.05) is 0 Å². The summed E-state index contributed by atoms with van der Waals surface area (Å²) in [5.41, 5.74) is 0.529. The van der Waals surface area contributed by atoms with E-state index in [0.717, 1.165) is 18.0 Å². The van der Waals surface area contributed by atoms with Crippen molar-refractivity contribution in [2.24, 2.45) is 11.3 Å². The molecule has 1 heteroatoms. The van der Waals surface area contributed by atoms with Crippen LogP contribution in [-0.2, 0) is 0 Å². The van der Waals surface area contributed by atoms with Gasteiger partial charge >= 0.3 is 0 Å². The Bertz CT molecular complexity index is 192. The third-order valence-electron chi connectivity index (χ3n) is 4.53. The second-order valence-corrected chi connectivity index (χ2v) is 6.71. The Labute approximate surface area is 95.0 Å². The van der Waals surface area contributed by atoms with E-state index in [-0.39, 0.29) is 0 Å². The molecule has 0 aromatic carbocycles. The molecule has 0 aliphatic heterocycles. The minimum atomic E-state index is 0.529. The SMILES string of the molecule is CC(C)(C)C1CCC(NC2CCC2)CC1. The summed E-state index contributed by atoms with van der Waals surface area (Å²) in [4.78, 5) is 0. The number of nitrogens with one attached hydrogen (secondary N) is 1. The van der Waals surface area contributed by atoms with Crippen molar-refractivity contribution in [1.29, 1.82) is 0 Å². The van der Waals surface area contributed by atoms with Crippen molar-refractivity contribution in [2.45, 2.75) is 77.8 Å². The predicted octanol–water partition coefficient (Wildman–Crippen LogP) is 3.73. The zero-order valence-electron chi connectivity index (χ0n) is 10.7. The van der Waals surface area contributed by atoms with Gasteiger partial charge in [-0.05, 0) is 49.9 Å². The van der Waals surface area contributed by atoms with Crippen LogP contribution in [0, 0.1) is 11.3 Å². The zero-order chi connectivity index (χ0) is 10.9. The third kappa shape index (κ3) is 2.96. The summed E-state index contributed by atoms with van der Waals surface area (Å²) >= 11 is 0. The monoisotopic (exact) mass is 209 g/mol. The fourth-order valence-corrected chi connectivity index (χ4v) is 3.03. The fraction of sp³-hybridized carbons (Fsp3) is 1.00. The zero-order valence-corrected chi connectivity index (χ0v) is 10.7. The molecule has 0 aromatic heterocycles. The normalized spacial score (nSPS) is 33.8. The highest BCUT2D eigenvalue weighted by Gasteiger charge is 2.31. The molecule has 1 N–H and O–H groups in total. The van der Waals surface area contributed by atoms with Crippen LogP contribution >= 0.6 is 0 Å². The Morgan fingerprint density at radius 3 is 1.73 bits per heavy atom. The largest absolute Gasteiger partial charge is 0.311 e. The van der Waals surface area contributed by atoms with Gasteiger partial charge in [-0.15, -0.1) is 0 Å². The smallest absolute Gasteiger partial charge is 0.00698 e. The van der Waals surface area contributed by atoms with Crippen molar-refractivity contribution in [2.75, 3.05) is 0 Å². The number of hydrogen-bond acceptors (Lipinski definition) is 1. The van der Waals surface area contributed by atoms with E-state index >= 15 is 0 Å². The summed E-state index contributed by atoms with van der Waals surface area (Å²) in [6.45, 7) is 7.20. The maximum absolute atomic E-state index is 3.83. The van der Waals surface area contributed by atoms with E-state index in [1.54, 1.807) is 0 Å². The lowest BCUT2D eigenvalue weighted by molar-refractivity contribution is 0.149. The van der Waals surface area contributed by atoms with E-state index in [4.69, 9.17) is 0 Å². The Hall–Kier alpha value is -0.0400. The van der Waals surface area contributed by atoms with Gasteiger partial charge in [0.05, 0.1) is 0 Å². The van der Waals surface area contributed by atoms with Gasteiger partial charge in [-0.1, -0.05) is 27.2 Å². The summed E-state index contributed by atoms with van der Waals surface area (Å²) < 4.78 is 0. The molecule has 2 rings (SSSR count). The van der Waals surface area contributed by atoms with Crippen LogP contribution in [0.5, 0.6) is 0 Å². The van der Waals surface area contributed by atoms with Crippen LogP contribution in [0.25, 0.3) is 0 Å². The van der Waals surface area contributed by atoms with Crippen LogP contribution < -0.4 is 5.32 Å². The van der Waals surface area contributed by atoms with Gasteiger partial charge < -0.3 is 5.32 Å². The molecule has 0 saturated heterocycles. The van der Waals surface area contributed by atoms with E-state index in [9.17, 15) is 0 Å². The molecule has 2 saturated carbocycles. The number of rotatable bonds is 2. The van der Waals surface area contributed by atoms with Crippen molar-refractivity contribution in [3.05, 3.63) is 0 Å². The standard InChI is InChI=1S/C14H27N/c1-14(2,3)11-7-9-13(10-8-11)15-12-5-4-6-12/h11-13,15H,4-10H2,1-3H3. The highest BCUT2D eigenvalue weighted by atomic mass is 15.0. The predicted molar refractivity (Wildman–Crippen MR) is 66.0 cm³/mol. The highest BCUT2D eigenvalue weighted by Crippen LogP contribution is 2.38. The van der Waals surface area contributed by atoms with Crippen molar-refractivity contribution >= 4 is 0 Å². The molecule has 0 heterocycles. The van der Waals surface area contributed by atoms with Crippen molar-refractivity contribution in [3.63, 3.8) is 0 Å². The molecule has 0 unspecified atom stereocenters. The lowest BCUT2D eigenvalue weighted by atomic mass is 9.71. The van der Waals surface area contributed by atoms with E-state index < -0.39 is 0 Å². The van der Waals surface area contributed by atoms with E-state index in [0.29, 0.717) is 5.41 Å². The molecule has 0 aromatic rings. The van der Waals surface area contributed by atoms with Crippen molar-refractivity contribution < 1.29 is 0 Å². The lowest BCUT2D eigenvalue weighted by Gasteiger charge is -2.39. The van der Waals surface area contributed by atoms with E-state index in [2.05, 4.69) is 26.1 Å². The quantitative estimate of drug-likeness (QED) is 0.730. The highest BCUT2D eigenvalue weighted by molar-refractivity contribution is 4.87. The summed E-state index contributed by atoms with van der Waals surface area (Å²) in [5.74, 6) is 0.956. The molecule has 0 radical (unpaired) electrons. The van der Waals surface area contributed by atoms with Gasteiger partial charge in [0.25, 0.3) is 0 Å². The molecule has 0 atom stereocenters. The molecule has 0 spiro atoms.